The highest BCUT2D eigenvalue weighted by Crippen LogP contribution is 2.13. The molecule has 0 aliphatic carbocycles. The summed E-state index contributed by atoms with van der Waals surface area (Å²) < 4.78 is 4.87. The average Bonchev–Trinajstić information content (AvgIpc) is 2.93. The minimum atomic E-state index is -0.668. The molecule has 0 N–H and O–H groups in total. The molecular weight excluding hydrogens is 280 g/mol. The smallest absolute Gasteiger partial charge is 0.240 e. The van der Waals surface area contributed by atoms with Gasteiger partial charge in [0.2, 0.25) is 11.8 Å². The molecule has 0 fully saturated rings. The molecular formula is C16H18N4O2. The fourth-order valence-corrected chi connectivity index (χ4v) is 2.16. The lowest BCUT2D eigenvalue weighted by Crippen LogP contribution is -2.32. The quantitative estimate of drug-likeness (QED) is 0.815. The van der Waals surface area contributed by atoms with Crippen molar-refractivity contribution in [3.05, 3.63) is 47.6 Å². The van der Waals surface area contributed by atoms with Crippen molar-refractivity contribution in [2.75, 3.05) is 7.05 Å². The van der Waals surface area contributed by atoms with Crippen LogP contribution in [0.2, 0.25) is 0 Å². The van der Waals surface area contributed by atoms with Crippen LogP contribution in [0.4, 0.5) is 0 Å². The van der Waals surface area contributed by atoms with Gasteiger partial charge in [-0.15, -0.1) is 0 Å². The first-order valence-electron chi connectivity index (χ1n) is 7.08. The minimum Gasteiger partial charge on any atom is -0.340 e. The Kier molecular flexibility index (Phi) is 5.26. The number of carbonyl (C=O) groups is 1. The van der Waals surface area contributed by atoms with Crippen LogP contribution in [0.25, 0.3) is 0 Å². The van der Waals surface area contributed by atoms with Crippen LogP contribution < -0.4 is 0 Å². The van der Waals surface area contributed by atoms with Gasteiger partial charge in [-0.05, 0) is 18.4 Å². The number of aryl methyl sites for hydroxylation is 2. The van der Waals surface area contributed by atoms with Gasteiger partial charge in [-0.1, -0.05) is 35.5 Å². The van der Waals surface area contributed by atoms with E-state index in [2.05, 4.69) is 16.2 Å². The molecule has 0 bridgehead atoms. The van der Waals surface area contributed by atoms with E-state index in [1.54, 1.807) is 14.0 Å². The summed E-state index contributed by atoms with van der Waals surface area (Å²) in [7, 11) is 1.64. The van der Waals surface area contributed by atoms with Gasteiger partial charge in [-0.25, -0.2) is 0 Å². The molecule has 114 valence electrons. The third-order valence-electron chi connectivity index (χ3n) is 3.34. The fourth-order valence-electron chi connectivity index (χ4n) is 2.16. The van der Waals surface area contributed by atoms with Gasteiger partial charge in [-0.2, -0.15) is 10.2 Å². The lowest BCUT2D eigenvalue weighted by molar-refractivity contribution is -0.133. The first kappa shape index (κ1) is 15.7. The maximum Gasteiger partial charge on any atom is 0.240 e. The number of benzene rings is 1. The van der Waals surface area contributed by atoms with Crippen LogP contribution in [0.5, 0.6) is 0 Å². The normalized spacial score (nSPS) is 11.7. The Balaban J connectivity index is 1.92. The molecule has 1 amide bonds. The number of aromatic nitrogens is 2. The molecule has 2 aromatic rings. The van der Waals surface area contributed by atoms with Crippen LogP contribution in [-0.2, 0) is 17.8 Å². The molecule has 0 radical (unpaired) electrons. The summed E-state index contributed by atoms with van der Waals surface area (Å²) in [4.78, 5) is 17.8. The molecule has 1 atom stereocenters. The van der Waals surface area contributed by atoms with Crippen LogP contribution >= 0.6 is 0 Å². The molecule has 6 heteroatoms. The van der Waals surface area contributed by atoms with E-state index in [-0.39, 0.29) is 12.5 Å². The largest absolute Gasteiger partial charge is 0.340 e. The molecule has 0 spiro atoms. The van der Waals surface area contributed by atoms with Gasteiger partial charge in [0.25, 0.3) is 0 Å². The maximum absolute atomic E-state index is 12.3. The number of amides is 1. The third kappa shape index (κ3) is 4.16. The van der Waals surface area contributed by atoms with Gasteiger partial charge < -0.3 is 9.42 Å². The van der Waals surface area contributed by atoms with Crippen molar-refractivity contribution >= 4 is 5.91 Å². The molecule has 6 nitrogen and oxygen atoms in total. The SMILES string of the molecule is Cc1nc(CN(C)C(=O)[C@@H](C#N)CCc2ccccc2)no1. The lowest BCUT2D eigenvalue weighted by Gasteiger charge is -2.18. The lowest BCUT2D eigenvalue weighted by atomic mass is 9.99. The van der Waals surface area contributed by atoms with Crippen molar-refractivity contribution in [2.45, 2.75) is 26.3 Å². The predicted molar refractivity (Wildman–Crippen MR) is 79.4 cm³/mol. The van der Waals surface area contributed by atoms with Crippen LogP contribution in [0.15, 0.2) is 34.9 Å². The minimum absolute atomic E-state index is 0.221. The zero-order chi connectivity index (χ0) is 15.9. The Morgan fingerprint density at radius 2 is 2.14 bits per heavy atom. The number of nitrogens with zero attached hydrogens (tertiary/aromatic N) is 4. The van der Waals surface area contributed by atoms with Crippen molar-refractivity contribution in [2.24, 2.45) is 5.92 Å². The summed E-state index contributed by atoms with van der Waals surface area (Å²) in [6.07, 6.45) is 1.19. The number of nitriles is 1. The second-order valence-corrected chi connectivity index (χ2v) is 5.13. The van der Waals surface area contributed by atoms with Gasteiger partial charge in [0.05, 0.1) is 12.6 Å². The van der Waals surface area contributed by atoms with Gasteiger partial charge in [0.15, 0.2) is 5.82 Å². The molecule has 0 unspecified atom stereocenters. The second kappa shape index (κ2) is 7.36. The molecule has 0 aliphatic rings. The zero-order valence-electron chi connectivity index (χ0n) is 12.7. The first-order chi connectivity index (χ1) is 10.6. The predicted octanol–water partition coefficient (Wildman–Crippen LogP) is 2.11. The molecule has 1 aromatic heterocycles. The summed E-state index contributed by atoms with van der Waals surface area (Å²) in [5.74, 6) is 0.00365. The van der Waals surface area contributed by atoms with E-state index in [9.17, 15) is 10.1 Å². The highest BCUT2D eigenvalue weighted by atomic mass is 16.5. The Hall–Kier alpha value is -2.68. The van der Waals surface area contributed by atoms with Crippen molar-refractivity contribution < 1.29 is 9.32 Å². The highest BCUT2D eigenvalue weighted by Gasteiger charge is 2.22. The molecule has 2 rings (SSSR count). The van der Waals surface area contributed by atoms with Crippen LogP contribution in [0.1, 0.15) is 23.7 Å². The number of carbonyl (C=O) groups excluding carboxylic acids is 1. The number of hydrogen-bond acceptors (Lipinski definition) is 5. The van der Waals surface area contributed by atoms with Crippen LogP contribution in [0.3, 0.4) is 0 Å². The summed E-state index contributed by atoms with van der Waals surface area (Å²) in [6, 6.07) is 11.9. The monoisotopic (exact) mass is 298 g/mol. The van der Waals surface area contributed by atoms with Gasteiger partial charge in [-0.3, -0.25) is 4.79 Å². The Morgan fingerprint density at radius 1 is 1.41 bits per heavy atom. The zero-order valence-corrected chi connectivity index (χ0v) is 12.7. The van der Waals surface area contributed by atoms with E-state index in [0.29, 0.717) is 24.6 Å². The van der Waals surface area contributed by atoms with E-state index < -0.39 is 5.92 Å². The molecule has 1 aromatic carbocycles. The summed E-state index contributed by atoms with van der Waals surface area (Å²) in [6.45, 7) is 1.93. The van der Waals surface area contributed by atoms with E-state index in [0.717, 1.165) is 5.56 Å². The summed E-state index contributed by atoms with van der Waals surface area (Å²) in [5.41, 5.74) is 1.12. The van der Waals surface area contributed by atoms with E-state index in [1.165, 1.54) is 4.90 Å². The first-order valence-corrected chi connectivity index (χ1v) is 7.08. The standard InChI is InChI=1S/C16H18N4O2/c1-12-18-15(19-22-12)11-20(2)16(21)14(10-17)9-8-13-6-4-3-5-7-13/h3-7,14H,8-9,11H2,1-2H3/t14-/m1/s1. The maximum atomic E-state index is 12.3. The molecule has 0 saturated heterocycles. The van der Waals surface area contributed by atoms with Crippen molar-refractivity contribution in [1.82, 2.24) is 15.0 Å². The average molecular weight is 298 g/mol. The van der Waals surface area contributed by atoms with Crippen LogP contribution in [0, 0.1) is 24.2 Å². The Morgan fingerprint density at radius 3 is 2.73 bits per heavy atom. The molecule has 0 saturated carbocycles. The molecule has 0 aliphatic heterocycles. The highest BCUT2D eigenvalue weighted by molar-refractivity contribution is 5.80. The van der Waals surface area contributed by atoms with Crippen molar-refractivity contribution in [3.8, 4) is 6.07 Å². The molecule has 1 heterocycles. The van der Waals surface area contributed by atoms with Gasteiger partial charge in [0.1, 0.15) is 5.92 Å². The summed E-state index contributed by atoms with van der Waals surface area (Å²) in [5, 5.41) is 13.0. The van der Waals surface area contributed by atoms with Crippen LogP contribution in [-0.4, -0.2) is 28.0 Å². The Bertz CT molecular complexity index is 660. The molecule has 22 heavy (non-hydrogen) atoms. The van der Waals surface area contributed by atoms with Gasteiger partial charge >= 0.3 is 0 Å². The van der Waals surface area contributed by atoms with E-state index >= 15 is 0 Å². The van der Waals surface area contributed by atoms with Crippen molar-refractivity contribution in [3.63, 3.8) is 0 Å². The third-order valence-corrected chi connectivity index (χ3v) is 3.34. The summed E-state index contributed by atoms with van der Waals surface area (Å²) >= 11 is 0. The van der Waals surface area contributed by atoms with Gasteiger partial charge in [0, 0.05) is 14.0 Å². The van der Waals surface area contributed by atoms with Crippen molar-refractivity contribution in [1.29, 1.82) is 5.26 Å². The second-order valence-electron chi connectivity index (χ2n) is 5.13. The van der Waals surface area contributed by atoms with E-state index in [1.807, 2.05) is 30.3 Å². The number of rotatable bonds is 6. The fraction of sp³-hybridized carbons (Fsp3) is 0.375. The van der Waals surface area contributed by atoms with E-state index in [4.69, 9.17) is 4.52 Å². The topological polar surface area (TPSA) is 83.0 Å². The number of hydrogen-bond donors (Lipinski definition) is 0. The Labute approximate surface area is 129 Å².